The second-order valence-electron chi connectivity index (χ2n) is 14.0. The summed E-state index contributed by atoms with van der Waals surface area (Å²) in [6, 6.07) is 23.6. The van der Waals surface area contributed by atoms with Crippen molar-refractivity contribution in [3.63, 3.8) is 0 Å². The summed E-state index contributed by atoms with van der Waals surface area (Å²) >= 11 is 0. The van der Waals surface area contributed by atoms with E-state index in [4.69, 9.17) is 0 Å². The fourth-order valence-electron chi connectivity index (χ4n) is 7.37. The number of imide groups is 1. The van der Waals surface area contributed by atoms with Gasteiger partial charge in [-0.25, -0.2) is 9.59 Å². The second-order valence-corrected chi connectivity index (χ2v) is 14.0. The molecule has 6 rings (SSSR count). The molecule has 1 heterocycles. The third-order valence-electron chi connectivity index (χ3n) is 9.96. The minimum Gasteiger partial charge on any atom is -0.508 e. The quantitative estimate of drug-likeness (QED) is 0.0933. The summed E-state index contributed by atoms with van der Waals surface area (Å²) in [6.45, 7) is 4.78. The molecule has 6 N–H and O–H groups in total. The number of phenolic OH excluding ortho intramolecular Hbond substituents is 1. The van der Waals surface area contributed by atoms with Crippen LogP contribution in [0.15, 0.2) is 84.9 Å². The zero-order chi connectivity index (χ0) is 38.0. The third kappa shape index (κ3) is 7.13. The molecular formula is C41H42N2O9. The van der Waals surface area contributed by atoms with E-state index in [1.54, 1.807) is 66.7 Å². The molecule has 0 aliphatic carbocycles. The Labute approximate surface area is 300 Å². The molecule has 52 heavy (non-hydrogen) atoms. The molecule has 5 aromatic rings. The van der Waals surface area contributed by atoms with Crippen molar-refractivity contribution in [2.24, 2.45) is 5.41 Å². The van der Waals surface area contributed by atoms with Gasteiger partial charge in [0.15, 0.2) is 0 Å². The lowest BCUT2D eigenvalue weighted by Crippen LogP contribution is -2.61. The molecule has 270 valence electrons. The number of carbonyl (C=O) groups excluding carboxylic acids is 2. The van der Waals surface area contributed by atoms with Gasteiger partial charge in [-0.1, -0.05) is 74.5 Å². The van der Waals surface area contributed by atoms with Gasteiger partial charge in [-0.3, -0.25) is 14.9 Å². The van der Waals surface area contributed by atoms with Gasteiger partial charge >= 0.3 is 11.9 Å². The summed E-state index contributed by atoms with van der Waals surface area (Å²) in [6.07, 6.45) is 1.70. The van der Waals surface area contributed by atoms with Crippen LogP contribution in [0.1, 0.15) is 70.5 Å². The molecule has 11 nitrogen and oxygen atoms in total. The predicted molar refractivity (Wildman–Crippen MR) is 197 cm³/mol. The van der Waals surface area contributed by atoms with Crippen LogP contribution in [0.4, 0.5) is 0 Å². The SMILES string of the molecule is CN(C)CCCC1(c2cccc(O)c2)C(=O)NC(=O)CC1(C)C.O=C(O)c1cc2ccccc2c(Cc2c(O)c(C(=O)O)cc3ccccc23)c1O. The van der Waals surface area contributed by atoms with Gasteiger partial charge in [0.05, 0.1) is 5.41 Å². The lowest BCUT2D eigenvalue weighted by Gasteiger charge is -2.48. The highest BCUT2D eigenvalue weighted by atomic mass is 16.4. The van der Waals surface area contributed by atoms with Gasteiger partial charge in [0, 0.05) is 24.0 Å². The number of amides is 2. The molecule has 0 radical (unpaired) electrons. The Hall–Kier alpha value is -5.94. The van der Waals surface area contributed by atoms with Crippen LogP contribution in [0, 0.1) is 5.41 Å². The zero-order valence-corrected chi connectivity index (χ0v) is 29.4. The van der Waals surface area contributed by atoms with E-state index in [-0.39, 0.29) is 41.5 Å². The number of nitrogens with zero attached hydrogens (tertiary/aromatic N) is 1. The van der Waals surface area contributed by atoms with E-state index in [1.165, 1.54) is 12.1 Å². The molecule has 1 saturated heterocycles. The minimum atomic E-state index is -1.28. The topological polar surface area (TPSA) is 185 Å². The Morgan fingerprint density at radius 3 is 1.73 bits per heavy atom. The van der Waals surface area contributed by atoms with E-state index < -0.39 is 34.3 Å². The van der Waals surface area contributed by atoms with Crippen LogP contribution in [0.25, 0.3) is 21.5 Å². The molecule has 1 aliphatic heterocycles. The molecule has 2 amide bonds. The van der Waals surface area contributed by atoms with Crippen LogP contribution in [0.5, 0.6) is 17.2 Å². The van der Waals surface area contributed by atoms with E-state index >= 15 is 0 Å². The van der Waals surface area contributed by atoms with Crippen molar-refractivity contribution >= 4 is 45.3 Å². The molecule has 5 aromatic carbocycles. The fourth-order valence-corrected chi connectivity index (χ4v) is 7.37. The Bertz CT molecular complexity index is 2110. The van der Waals surface area contributed by atoms with Gasteiger partial charge in [-0.05, 0) is 90.3 Å². The maximum absolute atomic E-state index is 12.9. The molecule has 0 bridgehead atoms. The van der Waals surface area contributed by atoms with Crippen molar-refractivity contribution in [3.8, 4) is 17.2 Å². The highest BCUT2D eigenvalue weighted by Gasteiger charge is 2.55. The minimum absolute atomic E-state index is 0.0407. The molecule has 1 unspecified atom stereocenters. The number of phenols is 3. The van der Waals surface area contributed by atoms with Crippen LogP contribution in [-0.2, 0) is 21.4 Å². The number of hydrogen-bond acceptors (Lipinski definition) is 8. The third-order valence-corrected chi connectivity index (χ3v) is 9.96. The smallest absolute Gasteiger partial charge is 0.339 e. The van der Waals surface area contributed by atoms with Crippen molar-refractivity contribution in [2.75, 3.05) is 20.6 Å². The summed E-state index contributed by atoms with van der Waals surface area (Å²) in [5, 5.41) is 55.2. The van der Waals surface area contributed by atoms with E-state index in [0.29, 0.717) is 39.1 Å². The second kappa shape index (κ2) is 14.7. The Kier molecular flexibility index (Phi) is 10.6. The number of hydrogen-bond donors (Lipinski definition) is 6. The number of carboxylic acids is 2. The van der Waals surface area contributed by atoms with Crippen LogP contribution >= 0.6 is 0 Å². The summed E-state index contributed by atoms with van der Waals surface area (Å²) in [4.78, 5) is 50.1. The number of fused-ring (bicyclic) bond motifs is 2. The Morgan fingerprint density at radius 1 is 0.750 bits per heavy atom. The van der Waals surface area contributed by atoms with Crippen LogP contribution in [0.2, 0.25) is 0 Å². The van der Waals surface area contributed by atoms with Gasteiger partial charge in [-0.2, -0.15) is 0 Å². The molecule has 0 spiro atoms. The molecule has 1 fully saturated rings. The normalized spacial score (nSPS) is 16.7. The number of piperidine rings is 1. The Morgan fingerprint density at radius 2 is 1.27 bits per heavy atom. The van der Waals surface area contributed by atoms with Crippen LogP contribution in [-0.4, -0.2) is 74.8 Å². The molecule has 1 aliphatic rings. The average Bonchev–Trinajstić information content (AvgIpc) is 3.07. The molecule has 0 aromatic heterocycles. The maximum Gasteiger partial charge on any atom is 0.339 e. The predicted octanol–water partition coefficient (Wildman–Crippen LogP) is 6.44. The molecular weight excluding hydrogens is 664 g/mol. The van der Waals surface area contributed by atoms with Crippen molar-refractivity contribution in [1.29, 1.82) is 0 Å². The summed E-state index contributed by atoms with van der Waals surface area (Å²) in [7, 11) is 3.99. The van der Waals surface area contributed by atoms with E-state index in [9.17, 15) is 44.7 Å². The summed E-state index contributed by atoms with van der Waals surface area (Å²) in [5.74, 6) is -3.71. The number of rotatable bonds is 9. The first-order valence-electron chi connectivity index (χ1n) is 16.8. The van der Waals surface area contributed by atoms with Crippen molar-refractivity contribution in [1.82, 2.24) is 10.2 Å². The number of aromatic hydroxyl groups is 3. The molecule has 0 saturated carbocycles. The zero-order valence-electron chi connectivity index (χ0n) is 29.4. The van der Waals surface area contributed by atoms with Crippen LogP contribution in [0.3, 0.4) is 0 Å². The van der Waals surface area contributed by atoms with Crippen molar-refractivity contribution in [3.05, 3.63) is 113 Å². The van der Waals surface area contributed by atoms with Gasteiger partial charge in [0.1, 0.15) is 28.4 Å². The fraction of sp³-hybridized carbons (Fsp3) is 0.268. The number of carboxylic acid groups (broad SMARTS) is 2. The standard InChI is InChI=1S/C23H16O6.C18H26N2O3/c24-20-16(14-7-3-1-5-12(14)9-18(20)22(26)27)11-17-15-8-4-2-6-13(15)10-19(21(17)25)23(28)29;1-17(2)12-15(22)19-16(23)18(17,9-6-10-20(3)4)13-7-5-8-14(21)11-13/h1-10,24-25H,11H2,(H,26,27)(H,28,29);5,7-8,11,21H,6,9-10,12H2,1-4H3,(H,19,22,23). The van der Waals surface area contributed by atoms with Gasteiger partial charge in [0.25, 0.3) is 0 Å². The number of carbonyl (C=O) groups is 4. The largest absolute Gasteiger partial charge is 0.508 e. The van der Waals surface area contributed by atoms with Crippen molar-refractivity contribution in [2.45, 2.75) is 44.9 Å². The number of benzene rings is 5. The first-order valence-corrected chi connectivity index (χ1v) is 16.8. The van der Waals surface area contributed by atoms with Gasteiger partial charge in [0.2, 0.25) is 11.8 Å². The number of nitrogens with one attached hydrogen (secondary N) is 1. The maximum atomic E-state index is 12.9. The van der Waals surface area contributed by atoms with Gasteiger partial charge in [-0.15, -0.1) is 0 Å². The summed E-state index contributed by atoms with van der Waals surface area (Å²) in [5.41, 5.74) is -0.464. The Balaban J connectivity index is 0.000000207. The highest BCUT2D eigenvalue weighted by molar-refractivity contribution is 6.05. The van der Waals surface area contributed by atoms with E-state index in [2.05, 4.69) is 10.2 Å². The first kappa shape index (κ1) is 37.3. The van der Waals surface area contributed by atoms with Gasteiger partial charge < -0.3 is 30.4 Å². The molecule has 1 atom stereocenters. The lowest BCUT2D eigenvalue weighted by atomic mass is 9.56. The highest BCUT2D eigenvalue weighted by Crippen LogP contribution is 2.50. The summed E-state index contributed by atoms with van der Waals surface area (Å²) < 4.78 is 0. The monoisotopic (exact) mass is 706 g/mol. The lowest BCUT2D eigenvalue weighted by molar-refractivity contribution is -0.145. The molecule has 11 heteroatoms. The number of aromatic carboxylic acids is 2. The van der Waals surface area contributed by atoms with E-state index in [0.717, 1.165) is 18.5 Å². The van der Waals surface area contributed by atoms with E-state index in [1.807, 2.05) is 34.0 Å². The van der Waals surface area contributed by atoms with Crippen LogP contribution < -0.4 is 5.32 Å². The van der Waals surface area contributed by atoms with Crippen molar-refractivity contribution < 1.29 is 44.7 Å². The first-order chi connectivity index (χ1) is 24.6. The average molecular weight is 707 g/mol.